The SMILES string of the molecule is CCN1C(=O)C(C)(C)C(=O)N(C)c2cc(CN3CCC(N(C(=O)c4ccccc4)c4ccccc4)CC3)ccc21. The van der Waals surface area contributed by atoms with Crippen molar-refractivity contribution in [3.63, 3.8) is 0 Å². The Morgan fingerprint density at radius 3 is 2.12 bits per heavy atom. The number of fused-ring (bicyclic) bond motifs is 1. The van der Waals surface area contributed by atoms with E-state index in [1.807, 2.05) is 84.6 Å². The summed E-state index contributed by atoms with van der Waals surface area (Å²) in [6.07, 6.45) is 1.73. The number of carbonyl (C=O) groups is 3. The molecule has 0 unspecified atom stereocenters. The summed E-state index contributed by atoms with van der Waals surface area (Å²) in [5.74, 6) is -0.341. The predicted molar refractivity (Wildman–Crippen MR) is 160 cm³/mol. The first kappa shape index (κ1) is 27.6. The zero-order valence-corrected chi connectivity index (χ0v) is 23.8. The number of likely N-dealkylation sites (tertiary alicyclic amines) is 1. The number of amides is 3. The maximum atomic E-state index is 13.6. The standard InChI is InChI=1S/C33H38N4O3/c1-5-36-28-17-16-24(22-29(28)34(4)31(39)33(2,3)32(36)40)23-35-20-18-27(19-21-35)37(26-14-10-7-11-15-26)30(38)25-12-8-6-9-13-25/h6-17,22,27H,5,18-21,23H2,1-4H3. The highest BCUT2D eigenvalue weighted by Gasteiger charge is 2.45. The van der Waals surface area contributed by atoms with Crippen LogP contribution in [0.5, 0.6) is 0 Å². The van der Waals surface area contributed by atoms with Gasteiger partial charge in [-0.1, -0.05) is 42.5 Å². The molecule has 3 aromatic rings. The third-order valence-corrected chi connectivity index (χ3v) is 8.23. The molecule has 2 aliphatic rings. The van der Waals surface area contributed by atoms with E-state index in [0.29, 0.717) is 12.1 Å². The van der Waals surface area contributed by atoms with Crippen molar-refractivity contribution in [2.75, 3.05) is 41.4 Å². The molecule has 5 rings (SSSR count). The van der Waals surface area contributed by atoms with Crippen LogP contribution in [0.25, 0.3) is 0 Å². The summed E-state index contributed by atoms with van der Waals surface area (Å²) in [5, 5.41) is 0. The summed E-state index contributed by atoms with van der Waals surface area (Å²) >= 11 is 0. The average Bonchev–Trinajstić information content (AvgIpc) is 3.03. The Balaban J connectivity index is 1.33. The molecule has 1 saturated heterocycles. The summed E-state index contributed by atoms with van der Waals surface area (Å²) in [6, 6.07) is 25.6. The summed E-state index contributed by atoms with van der Waals surface area (Å²) in [4.78, 5) is 47.7. The van der Waals surface area contributed by atoms with Gasteiger partial charge in [0.05, 0.1) is 11.4 Å². The van der Waals surface area contributed by atoms with Gasteiger partial charge >= 0.3 is 0 Å². The lowest BCUT2D eigenvalue weighted by Gasteiger charge is -2.39. The van der Waals surface area contributed by atoms with Crippen molar-refractivity contribution in [1.82, 2.24) is 4.90 Å². The van der Waals surface area contributed by atoms with Gasteiger partial charge in [-0.15, -0.1) is 0 Å². The van der Waals surface area contributed by atoms with E-state index in [2.05, 4.69) is 11.0 Å². The number of para-hydroxylation sites is 1. The normalized spacial score (nSPS) is 17.9. The summed E-state index contributed by atoms with van der Waals surface area (Å²) < 4.78 is 0. The fourth-order valence-corrected chi connectivity index (χ4v) is 5.94. The quantitative estimate of drug-likeness (QED) is 0.397. The second-order valence-electron chi connectivity index (χ2n) is 11.2. The number of nitrogens with zero attached hydrogens (tertiary/aromatic N) is 4. The van der Waals surface area contributed by atoms with Crippen molar-refractivity contribution in [1.29, 1.82) is 0 Å². The van der Waals surface area contributed by atoms with E-state index < -0.39 is 5.41 Å². The minimum Gasteiger partial charge on any atom is -0.313 e. The topological polar surface area (TPSA) is 64.2 Å². The Morgan fingerprint density at radius 2 is 1.50 bits per heavy atom. The fourth-order valence-electron chi connectivity index (χ4n) is 5.94. The van der Waals surface area contributed by atoms with Crippen LogP contribution < -0.4 is 14.7 Å². The molecule has 7 nitrogen and oxygen atoms in total. The van der Waals surface area contributed by atoms with E-state index in [-0.39, 0.29) is 23.8 Å². The maximum absolute atomic E-state index is 13.6. The highest BCUT2D eigenvalue weighted by molar-refractivity contribution is 6.20. The van der Waals surface area contributed by atoms with Crippen LogP contribution in [0.2, 0.25) is 0 Å². The highest BCUT2D eigenvalue weighted by Crippen LogP contribution is 2.39. The zero-order chi connectivity index (χ0) is 28.4. The van der Waals surface area contributed by atoms with Gasteiger partial charge in [0.1, 0.15) is 5.41 Å². The highest BCUT2D eigenvalue weighted by atomic mass is 16.2. The molecular formula is C33H38N4O3. The monoisotopic (exact) mass is 538 g/mol. The van der Waals surface area contributed by atoms with Gasteiger partial charge in [-0.05, 0) is 75.6 Å². The van der Waals surface area contributed by atoms with Crippen LogP contribution in [0.4, 0.5) is 17.1 Å². The molecule has 2 heterocycles. The van der Waals surface area contributed by atoms with E-state index in [9.17, 15) is 14.4 Å². The number of rotatable bonds is 6. The molecule has 0 radical (unpaired) electrons. The smallest absolute Gasteiger partial charge is 0.258 e. The molecule has 0 bridgehead atoms. The molecule has 2 aliphatic heterocycles. The van der Waals surface area contributed by atoms with Crippen molar-refractivity contribution in [3.05, 3.63) is 90.0 Å². The largest absolute Gasteiger partial charge is 0.313 e. The number of piperidine rings is 1. The summed E-state index contributed by atoms with van der Waals surface area (Å²) in [5.41, 5.74) is 3.14. The van der Waals surface area contributed by atoms with E-state index >= 15 is 0 Å². The molecule has 0 atom stereocenters. The predicted octanol–water partition coefficient (Wildman–Crippen LogP) is 5.35. The maximum Gasteiger partial charge on any atom is 0.258 e. The Hall–Kier alpha value is -3.97. The van der Waals surface area contributed by atoms with Gasteiger partial charge in [0.15, 0.2) is 0 Å². The molecule has 0 aliphatic carbocycles. The second kappa shape index (κ2) is 11.3. The summed E-state index contributed by atoms with van der Waals surface area (Å²) in [7, 11) is 1.76. The van der Waals surface area contributed by atoms with Crippen LogP contribution in [0.15, 0.2) is 78.9 Å². The Bertz CT molecular complexity index is 1380. The fraction of sp³-hybridized carbons (Fsp3) is 0.364. The van der Waals surface area contributed by atoms with Gasteiger partial charge < -0.3 is 14.7 Å². The molecule has 0 spiro atoms. The number of carbonyl (C=O) groups excluding carboxylic acids is 3. The van der Waals surface area contributed by atoms with Crippen LogP contribution in [-0.2, 0) is 16.1 Å². The lowest BCUT2D eigenvalue weighted by molar-refractivity contribution is -0.137. The van der Waals surface area contributed by atoms with Gasteiger partial charge in [-0.3, -0.25) is 19.3 Å². The molecule has 7 heteroatoms. The average molecular weight is 539 g/mol. The first-order chi connectivity index (χ1) is 19.2. The zero-order valence-electron chi connectivity index (χ0n) is 23.8. The second-order valence-corrected chi connectivity index (χ2v) is 11.2. The van der Waals surface area contributed by atoms with Crippen LogP contribution in [-0.4, -0.2) is 55.3 Å². The molecule has 1 fully saturated rings. The van der Waals surface area contributed by atoms with Crippen LogP contribution in [0, 0.1) is 5.41 Å². The van der Waals surface area contributed by atoms with Gasteiger partial charge in [0, 0.05) is 50.5 Å². The van der Waals surface area contributed by atoms with Crippen molar-refractivity contribution in [2.24, 2.45) is 5.41 Å². The van der Waals surface area contributed by atoms with Crippen LogP contribution in [0.1, 0.15) is 49.5 Å². The van der Waals surface area contributed by atoms with Gasteiger partial charge in [-0.2, -0.15) is 0 Å². The molecule has 0 aromatic heterocycles. The van der Waals surface area contributed by atoms with E-state index in [0.717, 1.165) is 55.1 Å². The molecule has 40 heavy (non-hydrogen) atoms. The number of hydrogen-bond acceptors (Lipinski definition) is 4. The van der Waals surface area contributed by atoms with Crippen molar-refractivity contribution < 1.29 is 14.4 Å². The number of benzene rings is 3. The van der Waals surface area contributed by atoms with E-state index in [1.54, 1.807) is 30.7 Å². The minimum atomic E-state index is -1.12. The lowest BCUT2D eigenvalue weighted by atomic mass is 9.90. The van der Waals surface area contributed by atoms with Crippen LogP contribution >= 0.6 is 0 Å². The van der Waals surface area contributed by atoms with Gasteiger partial charge in [-0.25, -0.2) is 0 Å². The molecule has 0 saturated carbocycles. The van der Waals surface area contributed by atoms with E-state index in [4.69, 9.17) is 0 Å². The molecular weight excluding hydrogens is 500 g/mol. The first-order valence-electron chi connectivity index (χ1n) is 14.1. The molecule has 3 amide bonds. The van der Waals surface area contributed by atoms with Crippen molar-refractivity contribution in [3.8, 4) is 0 Å². The van der Waals surface area contributed by atoms with Crippen LogP contribution in [0.3, 0.4) is 0 Å². The molecule has 0 N–H and O–H groups in total. The number of anilines is 3. The Labute approximate surface area is 237 Å². The third kappa shape index (κ3) is 5.13. The third-order valence-electron chi connectivity index (χ3n) is 8.23. The summed E-state index contributed by atoms with van der Waals surface area (Å²) in [6.45, 7) is 8.30. The number of hydrogen-bond donors (Lipinski definition) is 0. The Kier molecular flexibility index (Phi) is 7.76. The molecule has 3 aromatic carbocycles. The van der Waals surface area contributed by atoms with Gasteiger partial charge in [0.2, 0.25) is 11.8 Å². The van der Waals surface area contributed by atoms with E-state index in [1.165, 1.54) is 0 Å². The van der Waals surface area contributed by atoms with Gasteiger partial charge in [0.25, 0.3) is 5.91 Å². The Morgan fingerprint density at radius 1 is 0.875 bits per heavy atom. The lowest BCUT2D eigenvalue weighted by Crippen LogP contribution is -2.47. The first-order valence-corrected chi connectivity index (χ1v) is 14.1. The van der Waals surface area contributed by atoms with Crippen molar-refractivity contribution in [2.45, 2.75) is 46.2 Å². The minimum absolute atomic E-state index is 0.0293. The van der Waals surface area contributed by atoms with Crippen molar-refractivity contribution >= 4 is 34.8 Å². The molecule has 208 valence electrons.